The molecule has 0 amide bonds. The van der Waals surface area contributed by atoms with E-state index in [9.17, 15) is 0 Å². The van der Waals surface area contributed by atoms with Crippen LogP contribution in [0.2, 0.25) is 0 Å². The maximum absolute atomic E-state index is 3.66. The van der Waals surface area contributed by atoms with Crippen molar-refractivity contribution < 1.29 is 39.9 Å². The molecule has 144 valence electrons. The summed E-state index contributed by atoms with van der Waals surface area (Å²) >= 11 is 0. The third-order valence-corrected chi connectivity index (χ3v) is 5.62. The van der Waals surface area contributed by atoms with Crippen LogP contribution in [0.15, 0.2) is 0 Å². The van der Waals surface area contributed by atoms with Gasteiger partial charge in [0, 0.05) is 0 Å². The molecule has 0 aromatic rings. The first-order chi connectivity index (χ1) is 11.1. The molecule has 0 aromatic carbocycles. The Bertz CT molecular complexity index is 243. The Morgan fingerprint density at radius 1 is 0.385 bits per heavy atom. The van der Waals surface area contributed by atoms with E-state index in [1.165, 1.54) is 59.2 Å². The van der Waals surface area contributed by atoms with Crippen molar-refractivity contribution >= 4 is 0 Å². The van der Waals surface area contributed by atoms with Gasteiger partial charge in [0.1, 0.15) is 0 Å². The molecule has 10 radical (unpaired) electrons. The summed E-state index contributed by atoms with van der Waals surface area (Å²) in [5.41, 5.74) is 0. The first-order valence-corrected chi connectivity index (χ1v) is 9.21. The zero-order valence-corrected chi connectivity index (χ0v) is 23.5. The maximum Gasteiger partial charge on any atom is 2.00 e. The second kappa shape index (κ2) is 12.1. The van der Waals surface area contributed by atoms with Gasteiger partial charge in [-0.25, -0.2) is 0 Å². The Labute approximate surface area is 200 Å². The summed E-state index contributed by atoms with van der Waals surface area (Å²) in [6.45, 7) is 33.2. The van der Waals surface area contributed by atoms with Crippen LogP contribution in [-0.2, 0) is 0 Å². The van der Waals surface area contributed by atoms with Gasteiger partial charge in [0.15, 0.2) is 0 Å². The minimum Gasteiger partial charge on any atom is -0.367 e. The van der Waals surface area contributed by atoms with Crippen molar-refractivity contribution in [1.29, 1.82) is 0 Å². The van der Waals surface area contributed by atoms with Gasteiger partial charge in [-0.1, -0.05) is 69.2 Å². The Kier molecular flexibility index (Phi) is 13.8. The number of rotatable bonds is 0. The fourth-order valence-corrected chi connectivity index (χ4v) is 2.81. The van der Waals surface area contributed by atoms with Crippen molar-refractivity contribution in [1.82, 2.24) is 0 Å². The summed E-state index contributed by atoms with van der Waals surface area (Å²) in [5, 5.41) is 0. The van der Waals surface area contributed by atoms with Crippen LogP contribution < -0.4 is 0 Å². The van der Waals surface area contributed by atoms with E-state index in [1.54, 1.807) is 0 Å². The number of hydrogen-bond acceptors (Lipinski definition) is 0. The van der Waals surface area contributed by atoms with Gasteiger partial charge in [0.25, 0.3) is 0 Å². The Hall–Kier alpha value is 1.32. The molecule has 0 heterocycles. The van der Waals surface area contributed by atoms with Gasteiger partial charge in [-0.15, -0.1) is 13.8 Å². The molecule has 0 aliphatic heterocycles. The van der Waals surface area contributed by atoms with Crippen LogP contribution in [0.25, 0.3) is 0 Å². The Morgan fingerprint density at radius 3 is 0.462 bits per heavy atom. The Morgan fingerprint density at radius 2 is 0.423 bits per heavy atom. The topological polar surface area (TPSA) is 0 Å². The molecule has 26 heavy (non-hydrogen) atoms. The molecule has 0 spiro atoms. The summed E-state index contributed by atoms with van der Waals surface area (Å²) < 4.78 is 0. The summed E-state index contributed by atoms with van der Waals surface area (Å²) in [7, 11) is 0. The van der Waals surface area contributed by atoms with E-state index in [0.29, 0.717) is 0 Å². The molecule has 0 atom stereocenters. The fourth-order valence-electron chi connectivity index (χ4n) is 2.81. The first-order valence-electron chi connectivity index (χ1n) is 9.21. The molecule has 0 unspecified atom stereocenters. The monoisotopic (exact) mass is 572 g/mol. The van der Waals surface area contributed by atoms with Crippen LogP contribution in [0, 0.1) is 118 Å². The summed E-state index contributed by atoms with van der Waals surface area (Å²) in [4.78, 5) is 0. The van der Waals surface area contributed by atoms with Crippen molar-refractivity contribution in [3.8, 4) is 0 Å². The molecule has 2 saturated carbocycles. The summed E-state index contributed by atoms with van der Waals surface area (Å²) in [5.74, 6) is 14.7. The third-order valence-electron chi connectivity index (χ3n) is 5.62. The van der Waals surface area contributed by atoms with Gasteiger partial charge in [-0.05, 0) is 59.2 Å². The van der Waals surface area contributed by atoms with E-state index < -0.39 is 0 Å². The zero-order chi connectivity index (χ0) is 20.3. The van der Waals surface area contributed by atoms with Gasteiger partial charge < -0.3 is 13.8 Å². The molecule has 0 nitrogen and oxygen atoms in total. The standard InChI is InChI=1S/2C10H15.C5H10.Th/c2*1-6-7(2)9(4)10(5)8(6)3;1-5(2,3)4;/h2*1-5H3;1-2H2,3-4H3;/q;;-2;+2. The second-order valence-corrected chi connectivity index (χ2v) is 8.41. The van der Waals surface area contributed by atoms with Crippen LogP contribution in [0.1, 0.15) is 83.1 Å². The van der Waals surface area contributed by atoms with E-state index >= 15 is 0 Å². The van der Waals surface area contributed by atoms with Crippen LogP contribution in [-0.4, -0.2) is 0 Å². The molecule has 0 N–H and O–H groups in total. The molecule has 1 heteroatoms. The number of hydrogen-bond donors (Lipinski definition) is 0. The molecular weight excluding hydrogens is 532 g/mol. The van der Waals surface area contributed by atoms with Crippen molar-refractivity contribution in [2.75, 3.05) is 0 Å². The van der Waals surface area contributed by atoms with E-state index in [-0.39, 0.29) is 45.4 Å². The average molecular weight is 573 g/mol. The second-order valence-electron chi connectivity index (χ2n) is 8.41. The molecule has 0 aromatic heterocycles. The predicted octanol–water partition coefficient (Wildman–Crippen LogP) is 7.62. The van der Waals surface area contributed by atoms with Gasteiger partial charge in [0.05, 0.1) is 0 Å². The van der Waals surface area contributed by atoms with Crippen LogP contribution >= 0.6 is 0 Å². The van der Waals surface area contributed by atoms with Gasteiger partial charge >= 0.3 is 39.9 Å². The van der Waals surface area contributed by atoms with Crippen LogP contribution in [0.5, 0.6) is 0 Å². The van der Waals surface area contributed by atoms with Crippen LogP contribution in [0.3, 0.4) is 0 Å². The van der Waals surface area contributed by atoms with Gasteiger partial charge in [-0.2, -0.15) is 0 Å². The van der Waals surface area contributed by atoms with Gasteiger partial charge in [-0.3, -0.25) is 5.41 Å². The minimum atomic E-state index is 0. The maximum atomic E-state index is 3.66. The van der Waals surface area contributed by atoms with Crippen molar-refractivity contribution in [2.45, 2.75) is 83.1 Å². The molecule has 2 aliphatic rings. The summed E-state index contributed by atoms with van der Waals surface area (Å²) in [6, 6.07) is 0. The summed E-state index contributed by atoms with van der Waals surface area (Å²) in [6.07, 6.45) is 0. The zero-order valence-electron chi connectivity index (χ0n) is 19.4. The van der Waals surface area contributed by atoms with Crippen LogP contribution in [0.4, 0.5) is 0 Å². The van der Waals surface area contributed by atoms with E-state index in [0.717, 1.165) is 0 Å². The van der Waals surface area contributed by atoms with E-state index in [1.807, 2.05) is 13.8 Å². The molecule has 2 aliphatic carbocycles. The van der Waals surface area contributed by atoms with Gasteiger partial charge in [0.2, 0.25) is 0 Å². The fraction of sp³-hybridized carbons (Fsp3) is 0.520. The minimum absolute atomic E-state index is 0. The largest absolute Gasteiger partial charge is 2.00 e. The molecule has 0 bridgehead atoms. The van der Waals surface area contributed by atoms with Crippen molar-refractivity contribution in [3.63, 3.8) is 0 Å². The smallest absolute Gasteiger partial charge is 0.367 e. The average Bonchev–Trinajstić information content (AvgIpc) is 2.77. The van der Waals surface area contributed by atoms with Crippen molar-refractivity contribution in [3.05, 3.63) is 73.0 Å². The normalized spacial score (nSPS) is 24.2. The predicted molar refractivity (Wildman–Crippen MR) is 114 cm³/mol. The molecule has 2 fully saturated rings. The first kappa shape index (κ1) is 29.5. The third kappa shape index (κ3) is 8.77. The quantitative estimate of drug-likeness (QED) is 0.262. The van der Waals surface area contributed by atoms with E-state index in [2.05, 4.69) is 83.1 Å². The molecule has 0 saturated heterocycles. The SMILES string of the molecule is C[C]1[C](C)[C](C)[C](C)[C]1C.C[C]1[C](C)[C](C)[C](C)[C]1C.[CH2-]C([CH2-])(C)C.[Th+2]. The molecular formula is C25H40Th. The molecule has 2 rings (SSSR count). The Balaban J connectivity index is 0. The van der Waals surface area contributed by atoms with E-state index in [4.69, 9.17) is 0 Å². The van der Waals surface area contributed by atoms with Crippen molar-refractivity contribution in [2.24, 2.45) is 5.41 Å².